The molecule has 0 saturated carbocycles. The van der Waals surface area contributed by atoms with Crippen LogP contribution in [0.3, 0.4) is 0 Å². The number of hydrogen-bond donors (Lipinski definition) is 0. The molecule has 0 N–H and O–H groups in total. The number of pyridine rings is 1. The molecule has 0 aromatic carbocycles. The Balaban J connectivity index is 2.60. The van der Waals surface area contributed by atoms with Crippen LogP contribution in [0.4, 0.5) is 0 Å². The number of thioether (sulfide) groups is 1. The summed E-state index contributed by atoms with van der Waals surface area (Å²) in [7, 11) is 1.38. The summed E-state index contributed by atoms with van der Waals surface area (Å²) >= 11 is 4.67. The molecule has 76 valence electrons. The molecular weight excluding hydrogens is 266 g/mol. The summed E-state index contributed by atoms with van der Waals surface area (Å²) in [5.74, 6) is -0.236. The lowest BCUT2D eigenvalue weighted by molar-refractivity contribution is -0.139. The summed E-state index contributed by atoms with van der Waals surface area (Å²) in [6.07, 6.45) is 1.70. The molecule has 0 radical (unpaired) electrons. The Bertz CT molecular complexity index is 315. The van der Waals surface area contributed by atoms with Gasteiger partial charge in [-0.25, -0.2) is 4.98 Å². The van der Waals surface area contributed by atoms with Gasteiger partial charge in [-0.3, -0.25) is 4.79 Å². The summed E-state index contributed by atoms with van der Waals surface area (Å²) in [5.41, 5.74) is 0. The second kappa shape index (κ2) is 5.36. The molecule has 1 heterocycles. The standard InChI is InChI=1S/C9H10BrNO2S/c1-6(9(12)13-2)14-8-4-3-7(10)5-11-8/h3-6H,1-2H3. The maximum atomic E-state index is 11.1. The first kappa shape index (κ1) is 11.5. The normalized spacial score (nSPS) is 12.2. The Morgan fingerprint density at radius 1 is 1.64 bits per heavy atom. The summed E-state index contributed by atoms with van der Waals surface area (Å²) in [6, 6.07) is 3.74. The maximum absolute atomic E-state index is 11.1. The number of rotatable bonds is 3. The van der Waals surface area contributed by atoms with Crippen LogP contribution in [0.1, 0.15) is 6.92 Å². The fourth-order valence-corrected chi connectivity index (χ4v) is 1.88. The van der Waals surface area contributed by atoms with Gasteiger partial charge in [0.05, 0.1) is 12.1 Å². The van der Waals surface area contributed by atoms with Gasteiger partial charge in [0.25, 0.3) is 0 Å². The van der Waals surface area contributed by atoms with Gasteiger partial charge in [0.1, 0.15) is 5.25 Å². The third-order valence-electron chi connectivity index (χ3n) is 1.53. The van der Waals surface area contributed by atoms with Crippen molar-refractivity contribution in [3.8, 4) is 0 Å². The molecule has 0 bridgehead atoms. The van der Waals surface area contributed by atoms with Gasteiger partial charge in [0.2, 0.25) is 0 Å². The van der Waals surface area contributed by atoms with Gasteiger partial charge in [-0.05, 0) is 35.0 Å². The molecule has 0 aliphatic rings. The molecule has 0 aliphatic heterocycles. The first-order chi connectivity index (χ1) is 6.63. The zero-order valence-corrected chi connectivity index (χ0v) is 10.3. The van der Waals surface area contributed by atoms with Crippen LogP contribution in [-0.2, 0) is 9.53 Å². The van der Waals surface area contributed by atoms with Gasteiger partial charge in [0, 0.05) is 10.7 Å². The molecule has 0 fully saturated rings. The fourth-order valence-electron chi connectivity index (χ4n) is 0.827. The molecule has 1 aromatic rings. The summed E-state index contributed by atoms with van der Waals surface area (Å²) < 4.78 is 5.53. The molecule has 0 saturated heterocycles. The molecule has 0 aliphatic carbocycles. The molecule has 1 atom stereocenters. The molecule has 14 heavy (non-hydrogen) atoms. The van der Waals surface area contributed by atoms with Crippen LogP contribution in [-0.4, -0.2) is 23.3 Å². The Labute approximate surface area is 95.4 Å². The second-order valence-corrected chi connectivity index (χ2v) is 4.87. The van der Waals surface area contributed by atoms with Crippen molar-refractivity contribution in [1.29, 1.82) is 0 Å². The van der Waals surface area contributed by atoms with Gasteiger partial charge >= 0.3 is 5.97 Å². The summed E-state index contributed by atoms with van der Waals surface area (Å²) in [6.45, 7) is 1.79. The zero-order chi connectivity index (χ0) is 10.6. The van der Waals surface area contributed by atoms with Crippen LogP contribution in [0.15, 0.2) is 27.8 Å². The minimum atomic E-state index is -0.236. The third kappa shape index (κ3) is 3.31. The largest absolute Gasteiger partial charge is 0.468 e. The summed E-state index contributed by atoms with van der Waals surface area (Å²) in [4.78, 5) is 15.2. The smallest absolute Gasteiger partial charge is 0.318 e. The average molecular weight is 276 g/mol. The molecule has 0 spiro atoms. The van der Waals surface area contributed by atoms with Crippen molar-refractivity contribution in [2.24, 2.45) is 0 Å². The van der Waals surface area contributed by atoms with Gasteiger partial charge in [-0.15, -0.1) is 0 Å². The van der Waals surface area contributed by atoms with E-state index in [4.69, 9.17) is 0 Å². The van der Waals surface area contributed by atoms with E-state index < -0.39 is 0 Å². The van der Waals surface area contributed by atoms with E-state index in [9.17, 15) is 4.79 Å². The predicted octanol–water partition coefficient (Wildman–Crippen LogP) is 2.50. The molecule has 5 heteroatoms. The number of halogens is 1. The number of nitrogens with zero attached hydrogens (tertiary/aromatic N) is 1. The van der Waals surface area contributed by atoms with Crippen molar-refractivity contribution in [2.75, 3.05) is 7.11 Å². The van der Waals surface area contributed by atoms with Crippen molar-refractivity contribution >= 4 is 33.7 Å². The van der Waals surface area contributed by atoms with Crippen LogP contribution in [0.2, 0.25) is 0 Å². The minimum Gasteiger partial charge on any atom is -0.468 e. The van der Waals surface area contributed by atoms with E-state index in [2.05, 4.69) is 25.7 Å². The number of methoxy groups -OCH3 is 1. The van der Waals surface area contributed by atoms with Crippen LogP contribution < -0.4 is 0 Å². The van der Waals surface area contributed by atoms with Gasteiger partial charge in [-0.1, -0.05) is 11.8 Å². The van der Waals surface area contributed by atoms with Crippen molar-refractivity contribution in [3.05, 3.63) is 22.8 Å². The highest BCUT2D eigenvalue weighted by molar-refractivity contribution is 9.10. The first-order valence-corrected chi connectivity index (χ1v) is 5.67. The van der Waals surface area contributed by atoms with E-state index in [0.29, 0.717) is 0 Å². The lowest BCUT2D eigenvalue weighted by atomic mass is 10.5. The topological polar surface area (TPSA) is 39.2 Å². The number of carbonyl (C=O) groups excluding carboxylic acids is 1. The summed E-state index contributed by atoms with van der Waals surface area (Å²) in [5, 5.41) is 0.583. The van der Waals surface area contributed by atoms with E-state index >= 15 is 0 Å². The van der Waals surface area contributed by atoms with Crippen molar-refractivity contribution in [1.82, 2.24) is 4.98 Å². The van der Waals surface area contributed by atoms with Gasteiger partial charge < -0.3 is 4.74 Å². The highest BCUT2D eigenvalue weighted by atomic mass is 79.9. The van der Waals surface area contributed by atoms with E-state index in [1.54, 1.807) is 13.1 Å². The Hall–Kier alpha value is -0.550. The number of carbonyl (C=O) groups is 1. The third-order valence-corrected chi connectivity index (χ3v) is 3.03. The predicted molar refractivity (Wildman–Crippen MR) is 59.3 cm³/mol. The molecule has 0 amide bonds. The van der Waals surface area contributed by atoms with Crippen LogP contribution in [0, 0.1) is 0 Å². The number of aromatic nitrogens is 1. The average Bonchev–Trinajstić information content (AvgIpc) is 2.20. The molecule has 1 unspecified atom stereocenters. The number of esters is 1. The number of hydrogen-bond acceptors (Lipinski definition) is 4. The van der Waals surface area contributed by atoms with Gasteiger partial charge in [0.15, 0.2) is 0 Å². The SMILES string of the molecule is COC(=O)C(C)Sc1ccc(Br)cn1. The van der Waals surface area contributed by atoms with Crippen LogP contribution in [0.25, 0.3) is 0 Å². The number of ether oxygens (including phenoxy) is 1. The van der Waals surface area contributed by atoms with E-state index in [-0.39, 0.29) is 11.2 Å². The zero-order valence-electron chi connectivity index (χ0n) is 7.86. The monoisotopic (exact) mass is 275 g/mol. The van der Waals surface area contributed by atoms with Crippen molar-refractivity contribution < 1.29 is 9.53 Å². The molecule has 1 aromatic heterocycles. The van der Waals surface area contributed by atoms with Crippen molar-refractivity contribution in [3.63, 3.8) is 0 Å². The highest BCUT2D eigenvalue weighted by Crippen LogP contribution is 2.22. The fraction of sp³-hybridized carbons (Fsp3) is 0.333. The van der Waals surface area contributed by atoms with E-state index in [1.807, 2.05) is 12.1 Å². The van der Waals surface area contributed by atoms with E-state index in [0.717, 1.165) is 9.50 Å². The second-order valence-electron chi connectivity index (χ2n) is 2.60. The lowest BCUT2D eigenvalue weighted by Crippen LogP contribution is -2.14. The van der Waals surface area contributed by atoms with Gasteiger partial charge in [-0.2, -0.15) is 0 Å². The Morgan fingerprint density at radius 2 is 2.36 bits per heavy atom. The first-order valence-electron chi connectivity index (χ1n) is 3.99. The molecule has 1 rings (SSSR count). The Morgan fingerprint density at radius 3 is 2.86 bits per heavy atom. The maximum Gasteiger partial charge on any atom is 0.318 e. The van der Waals surface area contributed by atoms with Crippen LogP contribution in [0.5, 0.6) is 0 Å². The highest BCUT2D eigenvalue weighted by Gasteiger charge is 2.14. The van der Waals surface area contributed by atoms with Crippen molar-refractivity contribution in [2.45, 2.75) is 17.2 Å². The molecule has 3 nitrogen and oxygen atoms in total. The van der Waals surface area contributed by atoms with Crippen LogP contribution >= 0.6 is 27.7 Å². The minimum absolute atomic E-state index is 0.228. The quantitative estimate of drug-likeness (QED) is 0.628. The van der Waals surface area contributed by atoms with E-state index in [1.165, 1.54) is 18.9 Å². The molecular formula is C9H10BrNO2S. The lowest BCUT2D eigenvalue weighted by Gasteiger charge is -2.07. The Kier molecular flexibility index (Phi) is 4.41.